The Morgan fingerprint density at radius 1 is 1.17 bits per heavy atom. The molecule has 0 fully saturated rings. The van der Waals surface area contributed by atoms with Gasteiger partial charge in [-0.25, -0.2) is 4.98 Å². The van der Waals surface area contributed by atoms with Crippen LogP contribution in [-0.2, 0) is 4.79 Å². The van der Waals surface area contributed by atoms with Crippen molar-refractivity contribution < 1.29 is 4.79 Å². The summed E-state index contributed by atoms with van der Waals surface area (Å²) in [6, 6.07) is 13.2. The normalized spacial score (nSPS) is 11.7. The highest BCUT2D eigenvalue weighted by Gasteiger charge is 2.20. The lowest BCUT2D eigenvalue weighted by atomic mass is 9.92. The van der Waals surface area contributed by atoms with E-state index in [0.29, 0.717) is 17.3 Å². The molecule has 5 heteroatoms. The number of fused-ring (bicyclic) bond motifs is 1. The number of amides is 1. The van der Waals surface area contributed by atoms with E-state index in [0.717, 1.165) is 16.9 Å². The highest BCUT2D eigenvalue weighted by molar-refractivity contribution is 6.30. The first-order valence-electron chi connectivity index (χ1n) is 7.86. The topological polar surface area (TPSA) is 46.4 Å². The van der Waals surface area contributed by atoms with Crippen molar-refractivity contribution in [3.8, 4) is 11.3 Å². The second-order valence-electron chi connectivity index (χ2n) is 7.03. The molecule has 4 nitrogen and oxygen atoms in total. The predicted molar refractivity (Wildman–Crippen MR) is 98.3 cm³/mol. The van der Waals surface area contributed by atoms with Crippen LogP contribution < -0.4 is 5.32 Å². The fraction of sp³-hybridized carbons (Fsp3) is 0.263. The maximum Gasteiger partial charge on any atom is 0.226 e. The summed E-state index contributed by atoms with van der Waals surface area (Å²) in [5.41, 5.74) is 2.35. The Labute approximate surface area is 146 Å². The van der Waals surface area contributed by atoms with E-state index in [4.69, 9.17) is 11.6 Å². The van der Waals surface area contributed by atoms with Crippen molar-refractivity contribution >= 4 is 29.0 Å². The zero-order valence-electron chi connectivity index (χ0n) is 14.0. The minimum atomic E-state index is -0.0784. The van der Waals surface area contributed by atoms with E-state index in [1.165, 1.54) is 0 Å². The fourth-order valence-electron chi connectivity index (χ4n) is 2.58. The van der Waals surface area contributed by atoms with Crippen LogP contribution in [0.1, 0.15) is 27.2 Å². The van der Waals surface area contributed by atoms with Crippen LogP contribution in [-0.4, -0.2) is 15.3 Å². The maximum absolute atomic E-state index is 12.4. The van der Waals surface area contributed by atoms with E-state index in [2.05, 4.69) is 10.3 Å². The quantitative estimate of drug-likeness (QED) is 0.726. The summed E-state index contributed by atoms with van der Waals surface area (Å²) in [7, 11) is 0. The summed E-state index contributed by atoms with van der Waals surface area (Å²) in [6.07, 6.45) is 2.33. The molecule has 124 valence electrons. The van der Waals surface area contributed by atoms with Gasteiger partial charge in [0.05, 0.1) is 0 Å². The molecule has 0 saturated carbocycles. The molecule has 1 amide bonds. The standard InChI is InChI=1S/C19H20ClN3O/c1-19(2,3)12-16(24)22-18-17(13-7-9-14(20)10-8-13)21-15-6-4-5-11-23(15)18/h4-11H,12H2,1-3H3,(H,22,24). The van der Waals surface area contributed by atoms with Crippen LogP contribution in [0.25, 0.3) is 16.9 Å². The Kier molecular flexibility index (Phi) is 4.33. The number of aromatic nitrogens is 2. The second kappa shape index (κ2) is 6.29. The summed E-state index contributed by atoms with van der Waals surface area (Å²) in [5.74, 6) is 0.658. The highest BCUT2D eigenvalue weighted by Crippen LogP contribution is 2.30. The largest absolute Gasteiger partial charge is 0.310 e. The number of hydrogen-bond donors (Lipinski definition) is 1. The fourth-order valence-corrected chi connectivity index (χ4v) is 2.71. The number of nitrogens with zero attached hydrogens (tertiary/aromatic N) is 2. The molecule has 1 aromatic carbocycles. The third-order valence-electron chi connectivity index (χ3n) is 3.60. The molecule has 0 spiro atoms. The summed E-state index contributed by atoms with van der Waals surface area (Å²) < 4.78 is 1.89. The van der Waals surface area contributed by atoms with Crippen molar-refractivity contribution in [3.63, 3.8) is 0 Å². The molecular formula is C19H20ClN3O. The van der Waals surface area contributed by atoms with E-state index < -0.39 is 0 Å². The second-order valence-corrected chi connectivity index (χ2v) is 7.47. The number of halogens is 1. The van der Waals surface area contributed by atoms with Crippen LogP contribution in [0.2, 0.25) is 5.02 Å². The number of benzene rings is 1. The maximum atomic E-state index is 12.4. The number of carbonyl (C=O) groups excluding carboxylic acids is 1. The van der Waals surface area contributed by atoms with Crippen molar-refractivity contribution in [2.75, 3.05) is 5.32 Å². The Morgan fingerprint density at radius 3 is 2.54 bits per heavy atom. The zero-order chi connectivity index (χ0) is 17.3. The van der Waals surface area contributed by atoms with Crippen LogP contribution in [0.4, 0.5) is 5.82 Å². The molecule has 0 atom stereocenters. The van der Waals surface area contributed by atoms with E-state index in [1.807, 2.05) is 73.8 Å². The summed E-state index contributed by atoms with van der Waals surface area (Å²) in [6.45, 7) is 6.13. The first kappa shape index (κ1) is 16.5. The molecule has 0 saturated heterocycles. The van der Waals surface area contributed by atoms with Crippen LogP contribution in [0.15, 0.2) is 48.7 Å². The van der Waals surface area contributed by atoms with E-state index in [1.54, 1.807) is 0 Å². The number of anilines is 1. The minimum Gasteiger partial charge on any atom is -0.310 e. The van der Waals surface area contributed by atoms with Gasteiger partial charge in [0.1, 0.15) is 17.2 Å². The van der Waals surface area contributed by atoms with Gasteiger partial charge in [0, 0.05) is 23.2 Å². The van der Waals surface area contributed by atoms with Crippen molar-refractivity contribution in [2.24, 2.45) is 5.41 Å². The number of pyridine rings is 1. The first-order valence-corrected chi connectivity index (χ1v) is 8.24. The average molecular weight is 342 g/mol. The Hall–Kier alpha value is -2.33. The molecular weight excluding hydrogens is 322 g/mol. The van der Waals surface area contributed by atoms with Gasteiger partial charge in [0.25, 0.3) is 0 Å². The molecule has 3 rings (SSSR count). The Bertz CT molecular complexity index is 876. The molecule has 3 aromatic rings. The number of nitrogens with one attached hydrogen (secondary N) is 1. The van der Waals surface area contributed by atoms with Crippen molar-refractivity contribution in [2.45, 2.75) is 27.2 Å². The van der Waals surface area contributed by atoms with Crippen molar-refractivity contribution in [1.82, 2.24) is 9.38 Å². The molecule has 0 radical (unpaired) electrons. The van der Waals surface area contributed by atoms with Gasteiger partial charge in [-0.2, -0.15) is 0 Å². The molecule has 2 heterocycles. The van der Waals surface area contributed by atoms with E-state index >= 15 is 0 Å². The summed E-state index contributed by atoms with van der Waals surface area (Å²) in [4.78, 5) is 17.1. The molecule has 0 bridgehead atoms. The zero-order valence-corrected chi connectivity index (χ0v) is 14.8. The SMILES string of the molecule is CC(C)(C)CC(=O)Nc1c(-c2ccc(Cl)cc2)nc2ccccn12. The average Bonchev–Trinajstić information content (AvgIpc) is 2.85. The molecule has 1 N–H and O–H groups in total. The summed E-state index contributed by atoms with van der Waals surface area (Å²) >= 11 is 5.98. The van der Waals surface area contributed by atoms with Gasteiger partial charge >= 0.3 is 0 Å². The van der Waals surface area contributed by atoms with Crippen LogP contribution in [0.5, 0.6) is 0 Å². The van der Waals surface area contributed by atoms with Gasteiger partial charge in [-0.05, 0) is 29.7 Å². The van der Waals surface area contributed by atoms with Gasteiger partial charge in [0.15, 0.2) is 0 Å². The Balaban J connectivity index is 2.05. The third-order valence-corrected chi connectivity index (χ3v) is 3.85. The van der Waals surface area contributed by atoms with Crippen molar-refractivity contribution in [3.05, 3.63) is 53.7 Å². The van der Waals surface area contributed by atoms with Crippen LogP contribution >= 0.6 is 11.6 Å². The molecule has 0 aliphatic rings. The number of imidazole rings is 1. The number of rotatable bonds is 3. The Morgan fingerprint density at radius 2 is 1.88 bits per heavy atom. The van der Waals surface area contributed by atoms with Crippen LogP contribution in [0.3, 0.4) is 0 Å². The molecule has 0 unspecified atom stereocenters. The molecule has 0 aliphatic heterocycles. The lowest BCUT2D eigenvalue weighted by molar-refractivity contribution is -0.117. The third kappa shape index (κ3) is 3.60. The van der Waals surface area contributed by atoms with E-state index in [-0.39, 0.29) is 11.3 Å². The molecule has 2 aromatic heterocycles. The van der Waals surface area contributed by atoms with Crippen LogP contribution in [0, 0.1) is 5.41 Å². The smallest absolute Gasteiger partial charge is 0.226 e. The minimum absolute atomic E-state index is 0.0247. The highest BCUT2D eigenvalue weighted by atomic mass is 35.5. The number of hydrogen-bond acceptors (Lipinski definition) is 2. The first-order chi connectivity index (χ1) is 11.3. The predicted octanol–water partition coefficient (Wildman–Crippen LogP) is 5.03. The summed E-state index contributed by atoms with van der Waals surface area (Å²) in [5, 5.41) is 3.70. The van der Waals surface area contributed by atoms with E-state index in [9.17, 15) is 4.79 Å². The lowest BCUT2D eigenvalue weighted by Crippen LogP contribution is -2.20. The molecule has 24 heavy (non-hydrogen) atoms. The molecule has 0 aliphatic carbocycles. The van der Waals surface area contributed by atoms with Crippen molar-refractivity contribution in [1.29, 1.82) is 0 Å². The van der Waals surface area contributed by atoms with Gasteiger partial charge in [-0.3, -0.25) is 9.20 Å². The lowest BCUT2D eigenvalue weighted by Gasteiger charge is -2.17. The van der Waals surface area contributed by atoms with Gasteiger partial charge < -0.3 is 5.32 Å². The van der Waals surface area contributed by atoms with Gasteiger partial charge in [0.2, 0.25) is 5.91 Å². The van der Waals surface area contributed by atoms with Gasteiger partial charge in [-0.15, -0.1) is 0 Å². The monoisotopic (exact) mass is 341 g/mol. The van der Waals surface area contributed by atoms with Gasteiger partial charge in [-0.1, -0.05) is 50.6 Å². The number of carbonyl (C=O) groups is 1.